The standard InChI is InChI=1S/C11H19F4NO2/c12-10(13)11(14,15)7-18-6-9(16)5-8-1-3-17-4-2-8/h8-10H,1-7,16H2. The molecule has 0 aliphatic carbocycles. The van der Waals surface area contributed by atoms with E-state index in [4.69, 9.17) is 10.5 Å². The molecule has 2 N–H and O–H groups in total. The van der Waals surface area contributed by atoms with Crippen molar-refractivity contribution >= 4 is 0 Å². The summed E-state index contributed by atoms with van der Waals surface area (Å²) < 4.78 is 58.5. The summed E-state index contributed by atoms with van der Waals surface area (Å²) in [4.78, 5) is 0. The van der Waals surface area contributed by atoms with E-state index >= 15 is 0 Å². The molecular formula is C11H19F4NO2. The van der Waals surface area contributed by atoms with Crippen LogP contribution in [0.4, 0.5) is 17.6 Å². The fraction of sp³-hybridized carbons (Fsp3) is 1.00. The van der Waals surface area contributed by atoms with Crippen molar-refractivity contribution in [3.8, 4) is 0 Å². The van der Waals surface area contributed by atoms with Gasteiger partial charge in [0.25, 0.3) is 0 Å². The van der Waals surface area contributed by atoms with Crippen LogP contribution in [0.25, 0.3) is 0 Å². The van der Waals surface area contributed by atoms with Gasteiger partial charge in [-0.05, 0) is 25.2 Å². The molecule has 1 aliphatic heterocycles. The van der Waals surface area contributed by atoms with E-state index in [9.17, 15) is 17.6 Å². The number of hydrogen-bond acceptors (Lipinski definition) is 3. The Morgan fingerprint density at radius 3 is 2.44 bits per heavy atom. The second kappa shape index (κ2) is 7.25. The van der Waals surface area contributed by atoms with Gasteiger partial charge in [-0.15, -0.1) is 0 Å². The predicted molar refractivity (Wildman–Crippen MR) is 57.9 cm³/mol. The van der Waals surface area contributed by atoms with E-state index in [0.717, 1.165) is 12.8 Å². The maximum Gasteiger partial charge on any atom is 0.330 e. The predicted octanol–water partition coefficient (Wildman–Crippen LogP) is 2.05. The molecule has 0 aromatic carbocycles. The van der Waals surface area contributed by atoms with Gasteiger partial charge in [-0.2, -0.15) is 8.78 Å². The second-order valence-electron chi connectivity index (χ2n) is 4.63. The number of rotatable bonds is 7. The van der Waals surface area contributed by atoms with Crippen LogP contribution in [0.5, 0.6) is 0 Å². The third-order valence-electron chi connectivity index (χ3n) is 2.92. The Morgan fingerprint density at radius 1 is 1.28 bits per heavy atom. The lowest BCUT2D eigenvalue weighted by Crippen LogP contribution is -2.36. The van der Waals surface area contributed by atoms with Gasteiger partial charge in [0, 0.05) is 19.3 Å². The SMILES string of the molecule is NC(COCC(F)(F)C(F)F)CC1CCOCC1. The summed E-state index contributed by atoms with van der Waals surface area (Å²) in [7, 11) is 0. The summed E-state index contributed by atoms with van der Waals surface area (Å²) in [6.07, 6.45) is -1.28. The maximum absolute atomic E-state index is 12.5. The Hall–Kier alpha value is -0.400. The second-order valence-corrected chi connectivity index (χ2v) is 4.63. The molecule has 0 radical (unpaired) electrons. The molecule has 0 saturated carbocycles. The summed E-state index contributed by atoms with van der Waals surface area (Å²) in [5, 5.41) is 0. The Balaban J connectivity index is 2.14. The van der Waals surface area contributed by atoms with Crippen molar-refractivity contribution in [1.29, 1.82) is 0 Å². The lowest BCUT2D eigenvalue weighted by Gasteiger charge is -2.25. The summed E-state index contributed by atoms with van der Waals surface area (Å²) >= 11 is 0. The average Bonchev–Trinajstić information content (AvgIpc) is 2.29. The first-order valence-corrected chi connectivity index (χ1v) is 5.99. The molecule has 0 spiro atoms. The van der Waals surface area contributed by atoms with Crippen LogP contribution in [0.1, 0.15) is 19.3 Å². The van der Waals surface area contributed by atoms with Crippen molar-refractivity contribution in [3.63, 3.8) is 0 Å². The van der Waals surface area contributed by atoms with Gasteiger partial charge < -0.3 is 15.2 Å². The molecule has 0 amide bonds. The van der Waals surface area contributed by atoms with Crippen LogP contribution in [0.15, 0.2) is 0 Å². The zero-order chi connectivity index (χ0) is 13.6. The minimum absolute atomic E-state index is 0.125. The molecule has 0 aromatic heterocycles. The number of nitrogens with two attached hydrogens (primary N) is 1. The highest BCUT2D eigenvalue weighted by Gasteiger charge is 2.41. The van der Waals surface area contributed by atoms with Gasteiger partial charge in [-0.3, -0.25) is 0 Å². The molecule has 7 heteroatoms. The Kier molecular flexibility index (Phi) is 6.31. The first kappa shape index (κ1) is 15.7. The molecule has 18 heavy (non-hydrogen) atoms. The van der Waals surface area contributed by atoms with Gasteiger partial charge in [0.15, 0.2) is 0 Å². The molecule has 1 heterocycles. The molecule has 3 nitrogen and oxygen atoms in total. The normalized spacial score (nSPS) is 20.3. The molecule has 1 unspecified atom stereocenters. The van der Waals surface area contributed by atoms with E-state index in [-0.39, 0.29) is 6.61 Å². The molecule has 1 aliphatic rings. The van der Waals surface area contributed by atoms with E-state index in [0.29, 0.717) is 25.6 Å². The fourth-order valence-electron chi connectivity index (χ4n) is 1.89. The van der Waals surface area contributed by atoms with E-state index in [1.165, 1.54) is 0 Å². The summed E-state index contributed by atoms with van der Waals surface area (Å²) in [6.45, 7) is -0.0464. The summed E-state index contributed by atoms with van der Waals surface area (Å²) in [5.41, 5.74) is 5.71. The summed E-state index contributed by atoms with van der Waals surface area (Å²) in [5.74, 6) is -3.70. The van der Waals surface area contributed by atoms with Crippen molar-refractivity contribution in [1.82, 2.24) is 0 Å². The first-order chi connectivity index (χ1) is 8.42. The number of hydrogen-bond donors (Lipinski definition) is 1. The number of ether oxygens (including phenoxy) is 2. The van der Waals surface area contributed by atoms with Gasteiger partial charge in [-0.25, -0.2) is 8.78 Å². The minimum atomic E-state index is -4.10. The monoisotopic (exact) mass is 273 g/mol. The van der Waals surface area contributed by atoms with E-state index in [1.54, 1.807) is 0 Å². The molecule has 1 saturated heterocycles. The zero-order valence-electron chi connectivity index (χ0n) is 10.1. The number of halogens is 4. The van der Waals surface area contributed by atoms with Gasteiger partial charge in [0.05, 0.1) is 6.61 Å². The largest absolute Gasteiger partial charge is 0.381 e. The van der Waals surface area contributed by atoms with Crippen LogP contribution in [0, 0.1) is 5.92 Å². The highest BCUT2D eigenvalue weighted by molar-refractivity contribution is 4.72. The van der Waals surface area contributed by atoms with Crippen molar-refractivity contribution in [2.45, 2.75) is 37.7 Å². The molecule has 1 rings (SSSR count). The van der Waals surface area contributed by atoms with Gasteiger partial charge in [0.2, 0.25) is 0 Å². The molecular weight excluding hydrogens is 254 g/mol. The van der Waals surface area contributed by atoms with Crippen LogP contribution in [-0.4, -0.2) is 44.8 Å². The minimum Gasteiger partial charge on any atom is -0.381 e. The highest BCUT2D eigenvalue weighted by atomic mass is 19.3. The Morgan fingerprint density at radius 2 is 1.89 bits per heavy atom. The van der Waals surface area contributed by atoms with Crippen molar-refractivity contribution in [2.75, 3.05) is 26.4 Å². The van der Waals surface area contributed by atoms with E-state index in [1.807, 2.05) is 0 Å². The average molecular weight is 273 g/mol. The Labute approximate surface area is 104 Å². The maximum atomic E-state index is 12.5. The molecule has 108 valence electrons. The topological polar surface area (TPSA) is 44.5 Å². The van der Waals surface area contributed by atoms with Crippen LogP contribution >= 0.6 is 0 Å². The van der Waals surface area contributed by atoms with Gasteiger partial charge in [0.1, 0.15) is 6.61 Å². The van der Waals surface area contributed by atoms with Crippen LogP contribution in [-0.2, 0) is 9.47 Å². The van der Waals surface area contributed by atoms with Gasteiger partial charge >= 0.3 is 12.3 Å². The van der Waals surface area contributed by atoms with Crippen LogP contribution in [0.3, 0.4) is 0 Å². The van der Waals surface area contributed by atoms with Gasteiger partial charge in [-0.1, -0.05) is 0 Å². The molecule has 1 fully saturated rings. The quantitative estimate of drug-likeness (QED) is 0.722. The van der Waals surface area contributed by atoms with Crippen LogP contribution in [0.2, 0.25) is 0 Å². The van der Waals surface area contributed by atoms with Crippen molar-refractivity contribution in [2.24, 2.45) is 11.7 Å². The van der Waals surface area contributed by atoms with E-state index < -0.39 is 25.0 Å². The zero-order valence-corrected chi connectivity index (χ0v) is 10.1. The highest BCUT2D eigenvalue weighted by Crippen LogP contribution is 2.23. The van der Waals surface area contributed by atoms with Crippen molar-refractivity contribution in [3.05, 3.63) is 0 Å². The smallest absolute Gasteiger partial charge is 0.330 e. The molecule has 0 aromatic rings. The first-order valence-electron chi connectivity index (χ1n) is 5.99. The summed E-state index contributed by atoms with van der Waals surface area (Å²) in [6, 6.07) is -0.401. The third-order valence-corrected chi connectivity index (χ3v) is 2.92. The lowest BCUT2D eigenvalue weighted by molar-refractivity contribution is -0.166. The van der Waals surface area contributed by atoms with Crippen molar-refractivity contribution < 1.29 is 27.0 Å². The molecule has 1 atom stereocenters. The van der Waals surface area contributed by atoms with E-state index in [2.05, 4.69) is 4.74 Å². The lowest BCUT2D eigenvalue weighted by atomic mass is 9.93. The third kappa shape index (κ3) is 5.49. The Bertz CT molecular complexity index is 235. The number of alkyl halides is 4. The molecule has 0 bridgehead atoms. The van der Waals surface area contributed by atoms with Crippen LogP contribution < -0.4 is 5.73 Å². The fourth-order valence-corrected chi connectivity index (χ4v) is 1.89.